The summed E-state index contributed by atoms with van der Waals surface area (Å²) in [5.74, 6) is 1.26. The van der Waals surface area contributed by atoms with Gasteiger partial charge in [0.1, 0.15) is 5.82 Å². The van der Waals surface area contributed by atoms with E-state index in [9.17, 15) is 14.0 Å². The Hall–Kier alpha value is -1.31. The average molecular weight is 376 g/mol. The summed E-state index contributed by atoms with van der Waals surface area (Å²) in [6.45, 7) is 3.25. The van der Waals surface area contributed by atoms with Crippen LogP contribution in [0.3, 0.4) is 0 Å². The first-order valence-electron chi connectivity index (χ1n) is 7.68. The van der Waals surface area contributed by atoms with E-state index in [-0.39, 0.29) is 35.8 Å². The number of amides is 2. The van der Waals surface area contributed by atoms with Crippen LogP contribution >= 0.6 is 24.2 Å². The summed E-state index contributed by atoms with van der Waals surface area (Å²) in [6.07, 6.45) is 0.449. The number of halogens is 2. The largest absolute Gasteiger partial charge is 0.354 e. The molecule has 8 heteroatoms. The zero-order valence-electron chi connectivity index (χ0n) is 13.6. The standard InChI is InChI=1S/C16H22FN3O2S.ClH/c1-11-2-3-12(8-14(11)17)16(22)20-5-4-19-15(21)9-13-10-23-7-6-18-13;/h2-3,8,13,18H,4-7,9-10H2,1H3,(H,19,21)(H,20,22);1H. The highest BCUT2D eigenvalue weighted by atomic mass is 35.5. The zero-order chi connectivity index (χ0) is 16.7. The number of hydrogen-bond acceptors (Lipinski definition) is 4. The van der Waals surface area contributed by atoms with Crippen molar-refractivity contribution >= 4 is 36.0 Å². The molecule has 2 amide bonds. The molecule has 1 fully saturated rings. The van der Waals surface area contributed by atoms with Gasteiger partial charge in [-0.15, -0.1) is 12.4 Å². The van der Waals surface area contributed by atoms with Crippen LogP contribution in [0.15, 0.2) is 18.2 Å². The number of benzene rings is 1. The highest BCUT2D eigenvalue weighted by molar-refractivity contribution is 7.99. The fraction of sp³-hybridized carbons (Fsp3) is 0.500. The van der Waals surface area contributed by atoms with Crippen molar-refractivity contribution in [2.75, 3.05) is 31.1 Å². The predicted molar refractivity (Wildman–Crippen MR) is 97.5 cm³/mol. The normalized spacial score (nSPS) is 16.8. The maximum Gasteiger partial charge on any atom is 0.251 e. The highest BCUT2D eigenvalue weighted by Gasteiger charge is 2.16. The second kappa shape index (κ2) is 10.5. The van der Waals surface area contributed by atoms with Gasteiger partial charge in [0.25, 0.3) is 5.91 Å². The van der Waals surface area contributed by atoms with Crippen molar-refractivity contribution in [3.05, 3.63) is 35.1 Å². The van der Waals surface area contributed by atoms with Crippen LogP contribution in [0.25, 0.3) is 0 Å². The Labute approximate surface area is 151 Å². The highest BCUT2D eigenvalue weighted by Crippen LogP contribution is 2.10. The Morgan fingerprint density at radius 3 is 2.75 bits per heavy atom. The minimum atomic E-state index is -0.399. The monoisotopic (exact) mass is 375 g/mol. The number of aryl methyl sites for hydroxylation is 1. The number of carbonyl (C=O) groups is 2. The van der Waals surface area contributed by atoms with Crippen LogP contribution in [-0.2, 0) is 4.79 Å². The number of hydrogen-bond donors (Lipinski definition) is 3. The lowest BCUT2D eigenvalue weighted by Crippen LogP contribution is -2.42. The third-order valence-electron chi connectivity index (χ3n) is 3.60. The molecule has 0 spiro atoms. The van der Waals surface area contributed by atoms with E-state index >= 15 is 0 Å². The molecule has 24 heavy (non-hydrogen) atoms. The van der Waals surface area contributed by atoms with E-state index in [1.807, 2.05) is 11.8 Å². The molecule has 1 aromatic rings. The fourth-order valence-corrected chi connectivity index (χ4v) is 3.21. The molecule has 1 aliphatic heterocycles. The van der Waals surface area contributed by atoms with E-state index in [0.29, 0.717) is 25.1 Å². The van der Waals surface area contributed by atoms with Crippen molar-refractivity contribution in [1.82, 2.24) is 16.0 Å². The second-order valence-corrected chi connectivity index (χ2v) is 6.65. The average Bonchev–Trinajstić information content (AvgIpc) is 2.55. The molecule has 5 nitrogen and oxygen atoms in total. The molecule has 1 atom stereocenters. The van der Waals surface area contributed by atoms with Crippen molar-refractivity contribution in [1.29, 1.82) is 0 Å². The molecule has 0 saturated carbocycles. The van der Waals surface area contributed by atoms with Crippen molar-refractivity contribution in [2.45, 2.75) is 19.4 Å². The van der Waals surface area contributed by atoms with E-state index < -0.39 is 5.82 Å². The summed E-state index contributed by atoms with van der Waals surface area (Å²) in [6, 6.07) is 4.59. The number of rotatable bonds is 6. The lowest BCUT2D eigenvalue weighted by molar-refractivity contribution is -0.121. The smallest absolute Gasteiger partial charge is 0.251 e. The van der Waals surface area contributed by atoms with Crippen LogP contribution in [0, 0.1) is 12.7 Å². The molecule has 134 valence electrons. The topological polar surface area (TPSA) is 70.2 Å². The molecular weight excluding hydrogens is 353 g/mol. The molecule has 1 aromatic carbocycles. The van der Waals surface area contributed by atoms with Gasteiger partial charge in [-0.2, -0.15) is 11.8 Å². The number of carbonyl (C=O) groups excluding carboxylic acids is 2. The maximum atomic E-state index is 13.4. The van der Waals surface area contributed by atoms with Gasteiger partial charge in [0, 0.05) is 49.2 Å². The molecule has 2 rings (SSSR count). The quantitative estimate of drug-likeness (QED) is 0.659. The van der Waals surface area contributed by atoms with Gasteiger partial charge >= 0.3 is 0 Å². The Morgan fingerprint density at radius 1 is 1.33 bits per heavy atom. The van der Waals surface area contributed by atoms with Crippen LogP contribution in [0.2, 0.25) is 0 Å². The molecule has 1 saturated heterocycles. The SMILES string of the molecule is Cc1ccc(C(=O)NCCNC(=O)CC2CSCCN2)cc1F.Cl. The first kappa shape index (κ1) is 20.7. The van der Waals surface area contributed by atoms with Crippen LogP contribution in [-0.4, -0.2) is 49.0 Å². The summed E-state index contributed by atoms with van der Waals surface area (Å²) in [7, 11) is 0. The van der Waals surface area contributed by atoms with Crippen molar-refractivity contribution in [3.63, 3.8) is 0 Å². The van der Waals surface area contributed by atoms with Gasteiger partial charge in [0.2, 0.25) is 5.91 Å². The van der Waals surface area contributed by atoms with E-state index in [0.717, 1.165) is 18.1 Å². The summed E-state index contributed by atoms with van der Waals surface area (Å²) in [4.78, 5) is 23.7. The lowest BCUT2D eigenvalue weighted by Gasteiger charge is -2.22. The molecule has 1 aliphatic rings. The summed E-state index contributed by atoms with van der Waals surface area (Å²) in [5, 5.41) is 8.75. The van der Waals surface area contributed by atoms with Crippen molar-refractivity contribution in [3.8, 4) is 0 Å². The first-order valence-corrected chi connectivity index (χ1v) is 8.84. The van der Waals surface area contributed by atoms with Gasteiger partial charge in [-0.05, 0) is 24.6 Å². The first-order chi connectivity index (χ1) is 11.1. The predicted octanol–water partition coefficient (Wildman–Crippen LogP) is 1.50. The third-order valence-corrected chi connectivity index (χ3v) is 4.73. The summed E-state index contributed by atoms with van der Waals surface area (Å²) < 4.78 is 13.4. The van der Waals surface area contributed by atoms with Gasteiger partial charge in [0.05, 0.1) is 0 Å². The molecule has 3 N–H and O–H groups in total. The van der Waals surface area contributed by atoms with Gasteiger partial charge in [-0.25, -0.2) is 4.39 Å². The minimum Gasteiger partial charge on any atom is -0.354 e. The van der Waals surface area contributed by atoms with Crippen LogP contribution in [0.1, 0.15) is 22.3 Å². The number of thioether (sulfide) groups is 1. The second-order valence-electron chi connectivity index (χ2n) is 5.50. The lowest BCUT2D eigenvalue weighted by atomic mass is 10.1. The van der Waals surface area contributed by atoms with E-state index in [1.165, 1.54) is 6.07 Å². The Kier molecular flexibility index (Phi) is 9.10. The van der Waals surface area contributed by atoms with Gasteiger partial charge in [-0.1, -0.05) is 6.07 Å². The minimum absolute atomic E-state index is 0. The summed E-state index contributed by atoms with van der Waals surface area (Å²) in [5.41, 5.74) is 0.783. The zero-order valence-corrected chi connectivity index (χ0v) is 15.2. The van der Waals surface area contributed by atoms with Gasteiger partial charge in [-0.3, -0.25) is 9.59 Å². The molecule has 0 radical (unpaired) electrons. The van der Waals surface area contributed by atoms with Crippen LogP contribution in [0.5, 0.6) is 0 Å². The van der Waals surface area contributed by atoms with Crippen LogP contribution < -0.4 is 16.0 Å². The molecular formula is C16H23ClFN3O2S. The van der Waals surface area contributed by atoms with E-state index in [2.05, 4.69) is 16.0 Å². The van der Waals surface area contributed by atoms with Gasteiger partial charge in [0.15, 0.2) is 0 Å². The fourth-order valence-electron chi connectivity index (χ4n) is 2.26. The van der Waals surface area contributed by atoms with Crippen molar-refractivity contribution in [2.24, 2.45) is 0 Å². The molecule has 1 unspecified atom stereocenters. The summed E-state index contributed by atoms with van der Waals surface area (Å²) >= 11 is 1.85. The maximum absolute atomic E-state index is 13.4. The van der Waals surface area contributed by atoms with E-state index in [4.69, 9.17) is 0 Å². The molecule has 0 bridgehead atoms. The molecule has 0 aliphatic carbocycles. The van der Waals surface area contributed by atoms with Crippen LogP contribution in [0.4, 0.5) is 4.39 Å². The van der Waals surface area contributed by atoms with E-state index in [1.54, 1.807) is 19.1 Å². The Morgan fingerprint density at radius 2 is 2.08 bits per heavy atom. The Balaban J connectivity index is 0.00000288. The number of nitrogens with one attached hydrogen (secondary N) is 3. The third kappa shape index (κ3) is 6.67. The van der Waals surface area contributed by atoms with Crippen molar-refractivity contribution < 1.29 is 14.0 Å². The molecule has 1 heterocycles. The Bertz CT molecular complexity index is 568. The van der Waals surface area contributed by atoms with Gasteiger partial charge < -0.3 is 16.0 Å². The molecule has 0 aromatic heterocycles.